The molecule has 108 valence electrons. The van der Waals surface area contributed by atoms with Crippen LogP contribution in [0.15, 0.2) is 23.6 Å². The molecule has 0 spiro atoms. The average molecular weight is 291 g/mol. The molecule has 0 atom stereocenters. The van der Waals surface area contributed by atoms with Crippen LogP contribution in [0.4, 0.5) is 8.78 Å². The molecule has 1 aromatic heterocycles. The number of carboxylic acid groups (broad SMARTS) is 1. The number of fused-ring (bicyclic) bond motifs is 1. The first kappa shape index (κ1) is 13.5. The summed E-state index contributed by atoms with van der Waals surface area (Å²) in [4.78, 5) is 23.3. The van der Waals surface area contributed by atoms with Crippen molar-refractivity contribution < 1.29 is 18.7 Å². The van der Waals surface area contributed by atoms with Crippen molar-refractivity contribution in [3.63, 3.8) is 0 Å². The molecule has 1 fully saturated rings. The van der Waals surface area contributed by atoms with Crippen molar-refractivity contribution >= 4 is 22.9 Å². The van der Waals surface area contributed by atoms with Crippen molar-refractivity contribution in [2.75, 3.05) is 0 Å². The number of hydrogen-bond acceptors (Lipinski definition) is 2. The number of hydrogen-bond donors (Lipinski definition) is 1. The van der Waals surface area contributed by atoms with Crippen LogP contribution in [0, 0.1) is 11.6 Å². The second-order valence-electron chi connectivity index (χ2n) is 5.00. The van der Waals surface area contributed by atoms with Gasteiger partial charge in [-0.25, -0.2) is 13.6 Å². The van der Waals surface area contributed by atoms with E-state index in [9.17, 15) is 18.4 Å². The zero-order valence-electron chi connectivity index (χ0n) is 10.9. The molecule has 0 radical (unpaired) electrons. The maximum absolute atomic E-state index is 13.9. The molecule has 0 amide bonds. The minimum Gasteiger partial charge on any atom is -0.477 e. The lowest BCUT2D eigenvalue weighted by Crippen LogP contribution is -2.20. The van der Waals surface area contributed by atoms with Gasteiger partial charge in [0.25, 0.3) is 0 Å². The molecule has 1 heterocycles. The van der Waals surface area contributed by atoms with Crippen LogP contribution >= 0.6 is 0 Å². The summed E-state index contributed by atoms with van der Waals surface area (Å²) in [6.45, 7) is 3.45. The van der Waals surface area contributed by atoms with Gasteiger partial charge in [0.05, 0.1) is 10.9 Å². The van der Waals surface area contributed by atoms with E-state index < -0.39 is 28.6 Å². The van der Waals surface area contributed by atoms with Crippen molar-refractivity contribution in [2.24, 2.45) is 0 Å². The molecule has 1 aliphatic rings. The van der Waals surface area contributed by atoms with E-state index in [0.717, 1.165) is 25.0 Å². The van der Waals surface area contributed by atoms with Crippen LogP contribution in [-0.2, 0) is 0 Å². The first-order valence-electron chi connectivity index (χ1n) is 6.38. The van der Waals surface area contributed by atoms with Crippen LogP contribution in [0.25, 0.3) is 17.0 Å². The van der Waals surface area contributed by atoms with Crippen LogP contribution in [0.2, 0.25) is 0 Å². The number of benzene rings is 1. The Labute approximate surface area is 117 Å². The molecule has 0 bridgehead atoms. The van der Waals surface area contributed by atoms with Gasteiger partial charge in [-0.15, -0.1) is 0 Å². The lowest BCUT2D eigenvalue weighted by atomic mass is 10.1. The lowest BCUT2D eigenvalue weighted by molar-refractivity contribution is 0.0695. The third kappa shape index (κ3) is 1.94. The van der Waals surface area contributed by atoms with Gasteiger partial charge in [0.1, 0.15) is 5.56 Å². The van der Waals surface area contributed by atoms with Gasteiger partial charge in [-0.3, -0.25) is 4.79 Å². The molecule has 4 nitrogen and oxygen atoms in total. The monoisotopic (exact) mass is 291 g/mol. The number of pyridine rings is 1. The van der Waals surface area contributed by atoms with E-state index in [0.29, 0.717) is 0 Å². The molecular formula is C15H11F2NO3. The van der Waals surface area contributed by atoms with Crippen molar-refractivity contribution in [1.29, 1.82) is 0 Å². The fraction of sp³-hybridized carbons (Fsp3) is 0.200. The number of aromatic carboxylic acids is 1. The normalized spacial score (nSPS) is 14.4. The van der Waals surface area contributed by atoms with Gasteiger partial charge in [-0.1, -0.05) is 12.7 Å². The van der Waals surface area contributed by atoms with E-state index in [2.05, 4.69) is 6.58 Å². The van der Waals surface area contributed by atoms with E-state index in [1.54, 1.807) is 4.57 Å². The van der Waals surface area contributed by atoms with E-state index in [-0.39, 0.29) is 22.5 Å². The predicted octanol–water partition coefficient (Wildman–Crippen LogP) is 2.96. The van der Waals surface area contributed by atoms with E-state index in [1.165, 1.54) is 6.20 Å². The summed E-state index contributed by atoms with van der Waals surface area (Å²) in [6.07, 6.45) is 3.94. The Morgan fingerprint density at radius 2 is 2.10 bits per heavy atom. The quantitative estimate of drug-likeness (QED) is 0.945. The molecule has 0 aliphatic heterocycles. The first-order chi connectivity index (χ1) is 9.95. The molecular weight excluding hydrogens is 280 g/mol. The van der Waals surface area contributed by atoms with Gasteiger partial charge in [-0.05, 0) is 18.9 Å². The molecule has 1 aliphatic carbocycles. The van der Waals surface area contributed by atoms with Crippen LogP contribution in [0.3, 0.4) is 0 Å². The largest absolute Gasteiger partial charge is 0.477 e. The second-order valence-corrected chi connectivity index (χ2v) is 5.00. The lowest BCUT2D eigenvalue weighted by Gasteiger charge is -2.14. The van der Waals surface area contributed by atoms with Gasteiger partial charge in [0.15, 0.2) is 11.6 Å². The van der Waals surface area contributed by atoms with Crippen LogP contribution in [0.1, 0.15) is 34.8 Å². The molecule has 0 saturated heterocycles. The highest BCUT2D eigenvalue weighted by atomic mass is 19.2. The summed E-state index contributed by atoms with van der Waals surface area (Å²) < 4.78 is 29.1. The van der Waals surface area contributed by atoms with Crippen molar-refractivity contribution in [3.8, 4) is 0 Å². The summed E-state index contributed by atoms with van der Waals surface area (Å²) in [7, 11) is 0. The number of nitrogens with zero attached hydrogens (tertiary/aromatic N) is 1. The number of aromatic nitrogens is 1. The average Bonchev–Trinajstić information content (AvgIpc) is 3.26. The number of carbonyl (C=O) groups is 1. The molecule has 1 N–H and O–H groups in total. The van der Waals surface area contributed by atoms with Crippen LogP contribution in [-0.4, -0.2) is 15.6 Å². The molecule has 3 rings (SSSR count). The summed E-state index contributed by atoms with van der Waals surface area (Å²) in [5.74, 6) is -3.67. The summed E-state index contributed by atoms with van der Waals surface area (Å²) in [5.41, 5.74) is -1.20. The van der Waals surface area contributed by atoms with E-state index in [4.69, 9.17) is 5.11 Å². The number of rotatable bonds is 3. The van der Waals surface area contributed by atoms with Gasteiger partial charge in [-0.2, -0.15) is 0 Å². The SMILES string of the molecule is C=Cc1c(F)c(F)cc2c(=O)c(C(=O)O)cn(C3CC3)c12. The highest BCUT2D eigenvalue weighted by molar-refractivity contribution is 5.95. The minimum atomic E-state index is -1.39. The molecule has 21 heavy (non-hydrogen) atoms. The maximum atomic E-state index is 13.9. The zero-order chi connectivity index (χ0) is 15.3. The molecule has 6 heteroatoms. The van der Waals surface area contributed by atoms with Gasteiger partial charge < -0.3 is 9.67 Å². The predicted molar refractivity (Wildman–Crippen MR) is 73.4 cm³/mol. The summed E-state index contributed by atoms with van der Waals surface area (Å²) in [5, 5.41) is 8.96. The van der Waals surface area contributed by atoms with Crippen molar-refractivity contribution in [2.45, 2.75) is 18.9 Å². The third-order valence-electron chi connectivity index (χ3n) is 3.62. The van der Waals surface area contributed by atoms with Crippen molar-refractivity contribution in [1.82, 2.24) is 4.57 Å². The van der Waals surface area contributed by atoms with Crippen molar-refractivity contribution in [3.05, 3.63) is 51.8 Å². The number of halogens is 2. The third-order valence-corrected chi connectivity index (χ3v) is 3.62. The van der Waals surface area contributed by atoms with Gasteiger partial charge >= 0.3 is 5.97 Å². The van der Waals surface area contributed by atoms with Crippen LogP contribution < -0.4 is 5.43 Å². The Bertz CT molecular complexity index is 850. The highest BCUT2D eigenvalue weighted by Gasteiger charge is 2.29. The zero-order valence-corrected chi connectivity index (χ0v) is 10.9. The Morgan fingerprint density at radius 1 is 1.43 bits per heavy atom. The molecule has 2 aromatic rings. The fourth-order valence-corrected chi connectivity index (χ4v) is 2.47. The Hall–Kier alpha value is -2.50. The molecule has 0 unspecified atom stereocenters. The van der Waals surface area contributed by atoms with Gasteiger partial charge in [0, 0.05) is 17.8 Å². The highest BCUT2D eigenvalue weighted by Crippen LogP contribution is 2.38. The van der Waals surface area contributed by atoms with Crippen LogP contribution in [0.5, 0.6) is 0 Å². The molecule has 1 saturated carbocycles. The van der Waals surface area contributed by atoms with E-state index >= 15 is 0 Å². The smallest absolute Gasteiger partial charge is 0.341 e. The summed E-state index contributed by atoms with van der Waals surface area (Å²) >= 11 is 0. The fourth-order valence-electron chi connectivity index (χ4n) is 2.47. The number of carboxylic acids is 1. The Balaban J connectivity index is 2.55. The van der Waals surface area contributed by atoms with Gasteiger partial charge in [0.2, 0.25) is 5.43 Å². The summed E-state index contributed by atoms with van der Waals surface area (Å²) in [6, 6.07) is 0.750. The molecule has 1 aromatic carbocycles. The topological polar surface area (TPSA) is 59.3 Å². The minimum absolute atomic E-state index is 0.00485. The standard InChI is InChI=1S/C15H11F2NO3/c1-2-8-12(17)11(16)5-9-13(8)18(7-3-4-7)6-10(14(9)19)15(20)21/h2,5-7H,1,3-4H2,(H,20,21). The Morgan fingerprint density at radius 3 is 2.62 bits per heavy atom. The Kier molecular flexibility index (Phi) is 2.90. The van der Waals surface area contributed by atoms with E-state index in [1.807, 2.05) is 0 Å². The second kappa shape index (κ2) is 4.51. The maximum Gasteiger partial charge on any atom is 0.341 e. The first-order valence-corrected chi connectivity index (χ1v) is 6.38.